The van der Waals surface area contributed by atoms with Gasteiger partial charge in [-0.1, -0.05) is 48.0 Å². The van der Waals surface area contributed by atoms with Gasteiger partial charge in [0.1, 0.15) is 11.4 Å². The van der Waals surface area contributed by atoms with Crippen LogP contribution in [0.1, 0.15) is 34.0 Å². The molecular weight excluding hydrogens is 514 g/mol. The zero-order valence-electron chi connectivity index (χ0n) is 23.7. The van der Waals surface area contributed by atoms with Crippen LogP contribution in [0.25, 0.3) is 28.1 Å². The van der Waals surface area contributed by atoms with Gasteiger partial charge in [-0.05, 0) is 86.0 Å². The van der Waals surface area contributed by atoms with E-state index in [0.29, 0.717) is 34.1 Å². The number of amides is 1. The monoisotopic (exact) mass is 545 g/mol. The van der Waals surface area contributed by atoms with Crippen molar-refractivity contribution in [3.63, 3.8) is 0 Å². The van der Waals surface area contributed by atoms with Crippen LogP contribution >= 0.6 is 0 Å². The molecule has 0 aliphatic heterocycles. The third-order valence-corrected chi connectivity index (χ3v) is 6.96. The molecule has 0 atom stereocenters. The van der Waals surface area contributed by atoms with Crippen molar-refractivity contribution in [1.82, 2.24) is 9.78 Å². The maximum Gasteiger partial charge on any atom is 0.309 e. The molecule has 0 fully saturated rings. The van der Waals surface area contributed by atoms with E-state index in [-0.39, 0.29) is 5.91 Å². The fraction of sp³-hybridized carbons (Fsp3) is 0.147. The van der Waals surface area contributed by atoms with E-state index in [0.717, 1.165) is 33.5 Å². The van der Waals surface area contributed by atoms with Gasteiger partial charge in [0.2, 0.25) is 5.88 Å². The Hall–Kier alpha value is -5.17. The number of hydrogen-bond donors (Lipinski definition) is 1. The van der Waals surface area contributed by atoms with Crippen LogP contribution in [-0.2, 0) is 4.79 Å². The van der Waals surface area contributed by atoms with Crippen LogP contribution in [0.3, 0.4) is 0 Å². The number of carbonyl (C=O) groups excluding carboxylic acids is 2. The smallest absolute Gasteiger partial charge is 0.309 e. The van der Waals surface area contributed by atoms with E-state index in [9.17, 15) is 9.59 Å². The molecule has 0 radical (unpaired) electrons. The zero-order valence-corrected chi connectivity index (χ0v) is 23.7. The lowest BCUT2D eigenvalue weighted by Gasteiger charge is -2.13. The SMILES string of the molecule is COc1ccc(C(=O)Nc2ccc(-c3c(-c4cccc(C)c4)nn(-c4cccc(C)c4C)c3OC(C)=O)cc2)cc1. The van der Waals surface area contributed by atoms with Crippen molar-refractivity contribution >= 4 is 17.6 Å². The molecule has 7 nitrogen and oxygen atoms in total. The molecule has 1 heterocycles. The number of aryl methyl sites for hydroxylation is 2. The van der Waals surface area contributed by atoms with E-state index >= 15 is 0 Å². The predicted octanol–water partition coefficient (Wildman–Crippen LogP) is 7.32. The van der Waals surface area contributed by atoms with E-state index in [1.54, 1.807) is 36.1 Å². The molecule has 0 bridgehead atoms. The Morgan fingerprint density at radius 2 is 1.54 bits per heavy atom. The molecule has 1 N–H and O–H groups in total. The third kappa shape index (κ3) is 5.75. The Balaban J connectivity index is 1.61. The number of nitrogens with one attached hydrogen (secondary N) is 1. The normalized spacial score (nSPS) is 10.8. The lowest BCUT2D eigenvalue weighted by molar-refractivity contribution is -0.132. The number of carbonyl (C=O) groups is 2. The summed E-state index contributed by atoms with van der Waals surface area (Å²) in [6.45, 7) is 7.47. The van der Waals surface area contributed by atoms with Gasteiger partial charge < -0.3 is 14.8 Å². The molecule has 1 aromatic heterocycles. The molecule has 206 valence electrons. The molecule has 41 heavy (non-hydrogen) atoms. The highest BCUT2D eigenvalue weighted by molar-refractivity contribution is 6.04. The lowest BCUT2D eigenvalue weighted by atomic mass is 9.99. The number of benzene rings is 4. The molecular formula is C34H31N3O4. The zero-order chi connectivity index (χ0) is 29.1. The summed E-state index contributed by atoms with van der Waals surface area (Å²) in [5.41, 5.74) is 8.23. The third-order valence-electron chi connectivity index (χ3n) is 6.96. The summed E-state index contributed by atoms with van der Waals surface area (Å²) in [5.74, 6) is 0.332. The number of aromatic nitrogens is 2. The lowest BCUT2D eigenvalue weighted by Crippen LogP contribution is -2.11. The number of ether oxygens (including phenoxy) is 2. The molecule has 5 aromatic rings. The summed E-state index contributed by atoms with van der Waals surface area (Å²) in [7, 11) is 1.58. The maximum atomic E-state index is 12.8. The van der Waals surface area contributed by atoms with E-state index in [4.69, 9.17) is 14.6 Å². The first-order chi connectivity index (χ1) is 19.7. The van der Waals surface area contributed by atoms with Crippen LogP contribution in [-0.4, -0.2) is 28.8 Å². The highest BCUT2D eigenvalue weighted by Gasteiger charge is 2.25. The summed E-state index contributed by atoms with van der Waals surface area (Å²) in [5, 5.41) is 7.94. The number of anilines is 1. The highest BCUT2D eigenvalue weighted by atomic mass is 16.5. The van der Waals surface area contributed by atoms with Crippen LogP contribution in [0.5, 0.6) is 11.6 Å². The van der Waals surface area contributed by atoms with Crippen molar-refractivity contribution < 1.29 is 19.1 Å². The van der Waals surface area contributed by atoms with Gasteiger partial charge in [0, 0.05) is 23.7 Å². The minimum absolute atomic E-state index is 0.232. The fourth-order valence-electron chi connectivity index (χ4n) is 4.68. The van der Waals surface area contributed by atoms with Gasteiger partial charge in [0.15, 0.2) is 0 Å². The molecule has 0 unspecified atom stereocenters. The van der Waals surface area contributed by atoms with Crippen molar-refractivity contribution in [3.05, 3.63) is 113 Å². The Morgan fingerprint density at radius 3 is 2.20 bits per heavy atom. The summed E-state index contributed by atoms with van der Waals surface area (Å²) in [6.07, 6.45) is 0. The largest absolute Gasteiger partial charge is 0.497 e. The van der Waals surface area contributed by atoms with Crippen LogP contribution in [0, 0.1) is 20.8 Å². The van der Waals surface area contributed by atoms with E-state index in [1.165, 1.54) is 6.92 Å². The van der Waals surface area contributed by atoms with Gasteiger partial charge in [-0.25, -0.2) is 0 Å². The second-order valence-corrected chi connectivity index (χ2v) is 9.88. The molecule has 7 heteroatoms. The Kier molecular flexibility index (Phi) is 7.70. The second-order valence-electron chi connectivity index (χ2n) is 9.88. The topological polar surface area (TPSA) is 82.4 Å². The minimum Gasteiger partial charge on any atom is -0.497 e. The summed E-state index contributed by atoms with van der Waals surface area (Å²) >= 11 is 0. The van der Waals surface area contributed by atoms with Crippen LogP contribution in [0.15, 0.2) is 91.0 Å². The van der Waals surface area contributed by atoms with Gasteiger partial charge in [-0.15, -0.1) is 0 Å². The molecule has 0 saturated carbocycles. The van der Waals surface area contributed by atoms with Gasteiger partial charge in [-0.2, -0.15) is 9.78 Å². The van der Waals surface area contributed by atoms with Crippen LogP contribution < -0.4 is 14.8 Å². The van der Waals surface area contributed by atoms with E-state index in [2.05, 4.69) is 11.4 Å². The van der Waals surface area contributed by atoms with Gasteiger partial charge in [0.05, 0.1) is 18.4 Å². The Labute approximate surface area is 239 Å². The molecule has 1 amide bonds. The summed E-state index contributed by atoms with van der Waals surface area (Å²) in [6, 6.07) is 28.4. The Bertz CT molecular complexity index is 1740. The van der Waals surface area contributed by atoms with Crippen molar-refractivity contribution in [2.75, 3.05) is 12.4 Å². The first-order valence-electron chi connectivity index (χ1n) is 13.3. The fourth-order valence-corrected chi connectivity index (χ4v) is 4.68. The van der Waals surface area contributed by atoms with Crippen molar-refractivity contribution in [1.29, 1.82) is 0 Å². The number of hydrogen-bond acceptors (Lipinski definition) is 5. The summed E-state index contributed by atoms with van der Waals surface area (Å²) in [4.78, 5) is 25.2. The molecule has 5 rings (SSSR count). The second kappa shape index (κ2) is 11.5. The molecule has 4 aromatic carbocycles. The summed E-state index contributed by atoms with van der Waals surface area (Å²) < 4.78 is 12.7. The standard InChI is InChI=1S/C34H31N3O4/c1-21-8-6-10-27(20-21)32-31(34(41-24(4)38)37(36-32)30-11-7-9-22(2)23(30)3)25-12-16-28(17-13-25)35-33(39)26-14-18-29(40-5)19-15-26/h6-20H,1-5H3,(H,35,39). The van der Waals surface area contributed by atoms with Crippen LogP contribution in [0.4, 0.5) is 5.69 Å². The van der Waals surface area contributed by atoms with Crippen LogP contribution in [0.2, 0.25) is 0 Å². The molecule has 0 spiro atoms. The van der Waals surface area contributed by atoms with Crippen molar-refractivity contribution in [2.24, 2.45) is 0 Å². The number of nitrogens with zero attached hydrogens (tertiary/aromatic N) is 2. The number of rotatable bonds is 7. The van der Waals surface area contributed by atoms with Crippen molar-refractivity contribution in [3.8, 4) is 39.7 Å². The molecule has 0 aliphatic rings. The van der Waals surface area contributed by atoms with E-state index in [1.807, 2.05) is 81.4 Å². The maximum absolute atomic E-state index is 12.8. The van der Waals surface area contributed by atoms with Gasteiger partial charge in [0.25, 0.3) is 5.91 Å². The molecule has 0 aliphatic carbocycles. The predicted molar refractivity (Wildman–Crippen MR) is 161 cm³/mol. The van der Waals surface area contributed by atoms with Crippen molar-refractivity contribution in [2.45, 2.75) is 27.7 Å². The molecule has 0 saturated heterocycles. The average Bonchev–Trinajstić information content (AvgIpc) is 3.33. The quantitative estimate of drug-likeness (QED) is 0.217. The average molecular weight is 546 g/mol. The number of methoxy groups -OCH3 is 1. The van der Waals surface area contributed by atoms with Gasteiger partial charge in [-0.3, -0.25) is 9.59 Å². The highest BCUT2D eigenvalue weighted by Crippen LogP contribution is 2.42. The minimum atomic E-state index is -0.447. The van der Waals surface area contributed by atoms with E-state index < -0.39 is 5.97 Å². The van der Waals surface area contributed by atoms with Gasteiger partial charge >= 0.3 is 5.97 Å². The Morgan fingerprint density at radius 1 is 0.829 bits per heavy atom. The number of esters is 1. The first kappa shape index (κ1) is 27.4. The first-order valence-corrected chi connectivity index (χ1v) is 13.3.